The monoisotopic (exact) mass is 178 g/mol. The molecule has 1 fully saturated rings. The van der Waals surface area contributed by atoms with Crippen molar-refractivity contribution in [2.24, 2.45) is 11.8 Å². The molecule has 0 aliphatic heterocycles. The SMILES string of the molecule is NNC(c1ccncn1)C1CCC1. The first kappa shape index (κ1) is 8.59. The van der Waals surface area contributed by atoms with E-state index in [1.807, 2.05) is 6.07 Å². The summed E-state index contributed by atoms with van der Waals surface area (Å²) in [6.07, 6.45) is 7.13. The lowest BCUT2D eigenvalue weighted by atomic mass is 9.79. The molecular weight excluding hydrogens is 164 g/mol. The Balaban J connectivity index is 2.12. The van der Waals surface area contributed by atoms with Crippen molar-refractivity contribution in [3.63, 3.8) is 0 Å². The molecule has 1 aliphatic rings. The van der Waals surface area contributed by atoms with Gasteiger partial charge in [0.1, 0.15) is 6.33 Å². The summed E-state index contributed by atoms with van der Waals surface area (Å²) in [7, 11) is 0. The predicted molar refractivity (Wildman–Crippen MR) is 49.4 cm³/mol. The van der Waals surface area contributed by atoms with Crippen LogP contribution in [0.15, 0.2) is 18.6 Å². The number of hydrogen-bond acceptors (Lipinski definition) is 4. The van der Waals surface area contributed by atoms with Crippen molar-refractivity contribution in [2.75, 3.05) is 0 Å². The minimum atomic E-state index is 0.205. The van der Waals surface area contributed by atoms with Gasteiger partial charge in [0.2, 0.25) is 0 Å². The lowest BCUT2D eigenvalue weighted by Gasteiger charge is -2.32. The van der Waals surface area contributed by atoms with Crippen LogP contribution in [0.3, 0.4) is 0 Å². The highest BCUT2D eigenvalue weighted by atomic mass is 15.2. The van der Waals surface area contributed by atoms with Crippen molar-refractivity contribution in [3.05, 3.63) is 24.3 Å². The van der Waals surface area contributed by atoms with E-state index in [9.17, 15) is 0 Å². The molecule has 1 atom stereocenters. The summed E-state index contributed by atoms with van der Waals surface area (Å²) >= 11 is 0. The van der Waals surface area contributed by atoms with E-state index >= 15 is 0 Å². The first-order chi connectivity index (χ1) is 6.42. The molecule has 3 N–H and O–H groups in total. The van der Waals surface area contributed by atoms with E-state index in [0.717, 1.165) is 5.69 Å². The number of nitrogens with one attached hydrogen (secondary N) is 1. The van der Waals surface area contributed by atoms with Crippen molar-refractivity contribution < 1.29 is 0 Å². The van der Waals surface area contributed by atoms with Gasteiger partial charge in [-0.3, -0.25) is 11.3 Å². The van der Waals surface area contributed by atoms with E-state index in [4.69, 9.17) is 5.84 Å². The Morgan fingerprint density at radius 3 is 2.85 bits per heavy atom. The summed E-state index contributed by atoms with van der Waals surface area (Å²) in [4.78, 5) is 8.08. The largest absolute Gasteiger partial charge is 0.271 e. The molecular formula is C9H14N4. The van der Waals surface area contributed by atoms with Crippen molar-refractivity contribution >= 4 is 0 Å². The van der Waals surface area contributed by atoms with E-state index < -0.39 is 0 Å². The molecule has 0 radical (unpaired) electrons. The lowest BCUT2D eigenvalue weighted by molar-refractivity contribution is 0.228. The van der Waals surface area contributed by atoms with Crippen LogP contribution < -0.4 is 11.3 Å². The third kappa shape index (κ3) is 1.68. The highest BCUT2D eigenvalue weighted by molar-refractivity contribution is 5.07. The molecule has 0 amide bonds. The summed E-state index contributed by atoms with van der Waals surface area (Å²) in [6.45, 7) is 0. The summed E-state index contributed by atoms with van der Waals surface area (Å²) in [5.74, 6) is 6.16. The van der Waals surface area contributed by atoms with Gasteiger partial charge in [-0.05, 0) is 24.8 Å². The van der Waals surface area contributed by atoms with E-state index in [0.29, 0.717) is 5.92 Å². The fourth-order valence-electron chi connectivity index (χ4n) is 1.72. The van der Waals surface area contributed by atoms with Gasteiger partial charge < -0.3 is 0 Å². The Kier molecular flexibility index (Phi) is 2.52. The maximum absolute atomic E-state index is 5.50. The molecule has 1 unspecified atom stereocenters. The maximum atomic E-state index is 5.50. The number of nitrogens with two attached hydrogens (primary N) is 1. The number of rotatable bonds is 3. The summed E-state index contributed by atoms with van der Waals surface area (Å²) in [5, 5.41) is 0. The molecule has 1 saturated carbocycles. The molecule has 70 valence electrons. The molecule has 0 spiro atoms. The molecule has 4 nitrogen and oxygen atoms in total. The molecule has 4 heteroatoms. The smallest absolute Gasteiger partial charge is 0.115 e. The summed E-state index contributed by atoms with van der Waals surface area (Å²) in [6, 6.07) is 2.12. The van der Waals surface area contributed by atoms with Gasteiger partial charge in [0.25, 0.3) is 0 Å². The summed E-state index contributed by atoms with van der Waals surface area (Å²) in [5.41, 5.74) is 3.83. The van der Waals surface area contributed by atoms with Crippen LogP contribution in [0.4, 0.5) is 0 Å². The van der Waals surface area contributed by atoms with Crippen molar-refractivity contribution in [3.8, 4) is 0 Å². The van der Waals surface area contributed by atoms with E-state index in [1.54, 1.807) is 12.5 Å². The van der Waals surface area contributed by atoms with Gasteiger partial charge in [0, 0.05) is 6.20 Å². The van der Waals surface area contributed by atoms with Gasteiger partial charge >= 0.3 is 0 Å². The highest BCUT2D eigenvalue weighted by Gasteiger charge is 2.28. The van der Waals surface area contributed by atoms with Crippen molar-refractivity contribution in [1.82, 2.24) is 15.4 Å². The zero-order valence-electron chi connectivity index (χ0n) is 7.48. The van der Waals surface area contributed by atoms with Crippen LogP contribution in [-0.2, 0) is 0 Å². The first-order valence-corrected chi connectivity index (χ1v) is 4.64. The van der Waals surface area contributed by atoms with Crippen LogP contribution in [-0.4, -0.2) is 9.97 Å². The average molecular weight is 178 g/mol. The van der Waals surface area contributed by atoms with Gasteiger partial charge in [-0.25, -0.2) is 9.97 Å². The number of hydrazine groups is 1. The fourth-order valence-corrected chi connectivity index (χ4v) is 1.72. The van der Waals surface area contributed by atoms with Crippen LogP contribution in [0.5, 0.6) is 0 Å². The second kappa shape index (κ2) is 3.81. The first-order valence-electron chi connectivity index (χ1n) is 4.64. The van der Waals surface area contributed by atoms with E-state index in [1.165, 1.54) is 19.3 Å². The topological polar surface area (TPSA) is 63.8 Å². The molecule has 1 aromatic heterocycles. The van der Waals surface area contributed by atoms with Gasteiger partial charge in [0.15, 0.2) is 0 Å². The second-order valence-corrected chi connectivity index (χ2v) is 3.47. The normalized spacial score (nSPS) is 19.5. The third-order valence-corrected chi connectivity index (χ3v) is 2.72. The van der Waals surface area contributed by atoms with E-state index in [-0.39, 0.29) is 6.04 Å². The Hall–Kier alpha value is -1.00. The highest BCUT2D eigenvalue weighted by Crippen LogP contribution is 2.36. The lowest BCUT2D eigenvalue weighted by Crippen LogP contribution is -2.36. The molecule has 1 aliphatic carbocycles. The van der Waals surface area contributed by atoms with Crippen LogP contribution in [0, 0.1) is 5.92 Å². The maximum Gasteiger partial charge on any atom is 0.115 e. The van der Waals surface area contributed by atoms with Gasteiger partial charge in [-0.1, -0.05) is 6.42 Å². The Bertz CT molecular complexity index is 258. The minimum absolute atomic E-state index is 0.205. The van der Waals surface area contributed by atoms with E-state index in [2.05, 4.69) is 15.4 Å². The molecule has 0 saturated heterocycles. The van der Waals surface area contributed by atoms with Gasteiger partial charge in [-0.2, -0.15) is 0 Å². The summed E-state index contributed by atoms with van der Waals surface area (Å²) < 4.78 is 0. The average Bonchev–Trinajstić information content (AvgIpc) is 2.12. The zero-order valence-corrected chi connectivity index (χ0v) is 7.48. The van der Waals surface area contributed by atoms with Gasteiger partial charge in [-0.15, -0.1) is 0 Å². The number of hydrogen-bond donors (Lipinski definition) is 2. The molecule has 1 aromatic rings. The predicted octanol–water partition coefficient (Wildman–Crippen LogP) is 0.781. The van der Waals surface area contributed by atoms with Crippen molar-refractivity contribution in [2.45, 2.75) is 25.3 Å². The number of nitrogens with zero attached hydrogens (tertiary/aromatic N) is 2. The van der Waals surface area contributed by atoms with Crippen LogP contribution in [0.2, 0.25) is 0 Å². The van der Waals surface area contributed by atoms with Crippen molar-refractivity contribution in [1.29, 1.82) is 0 Å². The molecule has 13 heavy (non-hydrogen) atoms. The zero-order chi connectivity index (χ0) is 9.10. The second-order valence-electron chi connectivity index (χ2n) is 3.47. The van der Waals surface area contributed by atoms with Crippen LogP contribution >= 0.6 is 0 Å². The number of aromatic nitrogens is 2. The molecule has 0 aromatic carbocycles. The minimum Gasteiger partial charge on any atom is -0.271 e. The fraction of sp³-hybridized carbons (Fsp3) is 0.556. The Labute approximate surface area is 77.5 Å². The quantitative estimate of drug-likeness (QED) is 0.530. The molecule has 1 heterocycles. The Morgan fingerprint density at radius 2 is 2.38 bits per heavy atom. The Morgan fingerprint density at radius 1 is 1.54 bits per heavy atom. The van der Waals surface area contributed by atoms with Gasteiger partial charge in [0.05, 0.1) is 11.7 Å². The molecule has 2 rings (SSSR count). The standard InChI is InChI=1S/C9H14N4/c10-13-9(7-2-1-3-7)8-4-5-11-6-12-8/h4-7,9,13H,1-3,10H2. The molecule has 0 bridgehead atoms. The van der Waals surface area contributed by atoms with Crippen LogP contribution in [0.1, 0.15) is 31.0 Å². The van der Waals surface area contributed by atoms with Crippen LogP contribution in [0.25, 0.3) is 0 Å². The third-order valence-electron chi connectivity index (χ3n) is 2.72.